The zero-order valence-corrected chi connectivity index (χ0v) is 20.8. The number of aromatic nitrogens is 3. The van der Waals surface area contributed by atoms with E-state index in [0.29, 0.717) is 16.9 Å². The second-order valence-electron chi connectivity index (χ2n) is 8.03. The summed E-state index contributed by atoms with van der Waals surface area (Å²) in [5, 5.41) is 26.6. The molecular formula is C22H19N8O5S2+. The van der Waals surface area contributed by atoms with Gasteiger partial charge in [-0.05, 0) is 6.07 Å². The molecule has 0 radical (unpaired) electrons. The topological polar surface area (TPSA) is 179 Å². The van der Waals surface area contributed by atoms with Crippen LogP contribution in [-0.2, 0) is 25.8 Å². The van der Waals surface area contributed by atoms with E-state index in [0.717, 1.165) is 17.0 Å². The lowest BCUT2D eigenvalue weighted by Crippen LogP contribution is -2.71. The largest absolute Gasteiger partial charge is 0.477 e. The van der Waals surface area contributed by atoms with Gasteiger partial charge >= 0.3 is 5.97 Å². The van der Waals surface area contributed by atoms with Gasteiger partial charge in [0.05, 0.1) is 5.56 Å². The minimum atomic E-state index is -1.23. The van der Waals surface area contributed by atoms with Gasteiger partial charge in [0.25, 0.3) is 17.5 Å². The van der Waals surface area contributed by atoms with Crippen LogP contribution in [0.5, 0.6) is 0 Å². The molecule has 3 aromatic rings. The molecule has 5 heterocycles. The zero-order valence-electron chi connectivity index (χ0n) is 19.2. The van der Waals surface area contributed by atoms with Crippen LogP contribution in [0.2, 0.25) is 0 Å². The molecule has 188 valence electrons. The Morgan fingerprint density at radius 1 is 1.46 bits per heavy atom. The highest BCUT2D eigenvalue weighted by molar-refractivity contribution is 8.00. The highest BCUT2D eigenvalue weighted by Crippen LogP contribution is 2.40. The van der Waals surface area contributed by atoms with Crippen LogP contribution in [0.4, 0.5) is 5.13 Å². The fraction of sp³-hybridized carbons (Fsp3) is 0.227. The Balaban J connectivity index is 1.37. The number of amides is 2. The summed E-state index contributed by atoms with van der Waals surface area (Å²) >= 11 is 2.48. The van der Waals surface area contributed by atoms with E-state index in [4.69, 9.17) is 15.8 Å². The van der Waals surface area contributed by atoms with Crippen LogP contribution in [0.3, 0.4) is 0 Å². The number of carboxylic acid groups (broad SMARTS) is 1. The highest BCUT2D eigenvalue weighted by atomic mass is 32.2. The van der Waals surface area contributed by atoms with Crippen molar-refractivity contribution < 1.29 is 28.9 Å². The highest BCUT2D eigenvalue weighted by Gasteiger charge is 2.54. The molecule has 5 rings (SSSR count). The van der Waals surface area contributed by atoms with Crippen LogP contribution >= 0.6 is 23.1 Å². The average molecular weight is 540 g/mol. The lowest BCUT2D eigenvalue weighted by Gasteiger charge is -2.49. The van der Waals surface area contributed by atoms with E-state index >= 15 is 0 Å². The molecule has 0 aromatic carbocycles. The van der Waals surface area contributed by atoms with Crippen molar-refractivity contribution in [3.05, 3.63) is 58.6 Å². The minimum Gasteiger partial charge on any atom is -0.477 e. The van der Waals surface area contributed by atoms with E-state index in [9.17, 15) is 19.5 Å². The number of nitrogens with zero attached hydrogens (tertiary/aromatic N) is 6. The Hall–Kier alpha value is -4.42. The average Bonchev–Trinajstić information content (AvgIpc) is 3.50. The number of rotatable bonds is 7. The first kappa shape index (κ1) is 24.3. The smallest absolute Gasteiger partial charge is 0.352 e. The number of carbonyl (C=O) groups excluding carboxylic acids is 2. The van der Waals surface area contributed by atoms with Crippen LogP contribution < -0.4 is 15.6 Å². The molecule has 2 aliphatic rings. The van der Waals surface area contributed by atoms with Crippen LogP contribution in [-0.4, -0.2) is 67.2 Å². The van der Waals surface area contributed by atoms with Crippen molar-refractivity contribution in [3.63, 3.8) is 0 Å². The Labute approximate surface area is 217 Å². The molecule has 2 aliphatic heterocycles. The van der Waals surface area contributed by atoms with E-state index < -0.39 is 29.2 Å². The maximum absolute atomic E-state index is 13.1. The summed E-state index contributed by atoms with van der Waals surface area (Å²) < 4.78 is 3.62. The molecule has 1 fully saturated rings. The second-order valence-corrected chi connectivity index (χ2v) is 10.0. The number of nitriles is 1. The molecule has 2 amide bonds. The van der Waals surface area contributed by atoms with Crippen LogP contribution in [0.25, 0.3) is 5.65 Å². The minimum absolute atomic E-state index is 0.0993. The number of hydrogen-bond donors (Lipinski definition) is 3. The van der Waals surface area contributed by atoms with E-state index in [2.05, 4.69) is 21.5 Å². The number of imidazole rings is 1. The number of fused-ring (bicyclic) bond motifs is 2. The van der Waals surface area contributed by atoms with Crippen molar-refractivity contribution in [1.82, 2.24) is 19.6 Å². The standard InChI is InChI=1S/C22H18N8O5S2/c1-35-27-15(13-10-37-22(24)25-13)18(31)26-16-19(32)30-17(21(33)34)12(9-36-20(16)30)8-29-5-4-28-7-11(6-23)2-3-14(28)29/h2-5,7,10,16,20H,8-9H2,1H3,(H3-,24,25,26,31,33,34)/p+1/t16-,20+/m1/s1. The number of hydrogen-bond acceptors (Lipinski definition) is 10. The predicted molar refractivity (Wildman–Crippen MR) is 132 cm³/mol. The fourth-order valence-electron chi connectivity index (χ4n) is 4.21. The molecule has 3 aromatic heterocycles. The SMILES string of the molecule is CON=C(C(=O)N[C@@H]1C(=O)N2C(C(=O)O)=C(C[n+]3ccn4cc(C#N)ccc43)CS[C@@H]12)c1csc(N)n1. The fourth-order valence-corrected chi connectivity index (χ4v) is 6.10. The van der Waals surface area contributed by atoms with Gasteiger partial charge in [0, 0.05) is 22.8 Å². The van der Waals surface area contributed by atoms with E-state index in [-0.39, 0.29) is 28.8 Å². The van der Waals surface area contributed by atoms with Crippen LogP contribution in [0, 0.1) is 11.3 Å². The molecule has 0 aliphatic carbocycles. The molecule has 15 heteroatoms. The molecule has 0 bridgehead atoms. The van der Waals surface area contributed by atoms with Gasteiger partial charge in [-0.15, -0.1) is 23.1 Å². The van der Waals surface area contributed by atoms with Crippen LogP contribution in [0.1, 0.15) is 11.3 Å². The molecule has 0 saturated carbocycles. The number of oxime groups is 1. The maximum atomic E-state index is 13.1. The monoisotopic (exact) mass is 539 g/mol. The number of thiazole rings is 1. The number of aliphatic carboxylic acids is 1. The normalized spacial score (nSPS) is 19.3. The summed E-state index contributed by atoms with van der Waals surface area (Å²) in [6.07, 6.45) is 5.23. The maximum Gasteiger partial charge on any atom is 0.352 e. The summed E-state index contributed by atoms with van der Waals surface area (Å²) in [6, 6.07) is 4.58. The number of anilines is 1. The Kier molecular flexibility index (Phi) is 6.27. The van der Waals surface area contributed by atoms with Crippen molar-refractivity contribution >= 4 is 57.4 Å². The van der Waals surface area contributed by atoms with Gasteiger partial charge in [0.2, 0.25) is 0 Å². The third-order valence-electron chi connectivity index (χ3n) is 5.85. The summed E-state index contributed by atoms with van der Waals surface area (Å²) in [4.78, 5) is 48.2. The van der Waals surface area contributed by atoms with E-state index in [1.807, 2.05) is 4.57 Å². The Morgan fingerprint density at radius 3 is 2.95 bits per heavy atom. The molecule has 37 heavy (non-hydrogen) atoms. The molecule has 1 saturated heterocycles. The first-order chi connectivity index (χ1) is 17.8. The summed E-state index contributed by atoms with van der Waals surface area (Å²) in [5.74, 6) is -2.12. The number of thioether (sulfide) groups is 1. The summed E-state index contributed by atoms with van der Waals surface area (Å²) in [7, 11) is 1.27. The Bertz CT molecular complexity index is 1550. The van der Waals surface area contributed by atoms with E-state index in [1.165, 1.54) is 23.8 Å². The number of carbonyl (C=O) groups is 3. The molecule has 13 nitrogen and oxygen atoms in total. The number of nitrogens with two attached hydrogens (primary N) is 1. The number of nitrogen functional groups attached to an aromatic ring is 1. The molecular weight excluding hydrogens is 520 g/mol. The van der Waals surface area contributed by atoms with Crippen molar-refractivity contribution in [2.45, 2.75) is 18.0 Å². The van der Waals surface area contributed by atoms with Gasteiger partial charge in [-0.2, -0.15) is 5.26 Å². The van der Waals surface area contributed by atoms with E-state index in [1.54, 1.807) is 40.5 Å². The predicted octanol–water partition coefficient (Wildman–Crippen LogP) is -0.0735. The number of nitrogens with one attached hydrogen (secondary N) is 1. The van der Waals surface area contributed by atoms with Gasteiger partial charge in [0.15, 0.2) is 10.8 Å². The first-order valence-electron chi connectivity index (χ1n) is 10.8. The number of β-lactam (4-membered cyclic amide) rings is 1. The molecule has 4 N–H and O–H groups in total. The second kappa shape index (κ2) is 9.56. The third kappa shape index (κ3) is 4.26. The quantitative estimate of drug-likeness (QED) is 0.160. The molecule has 0 unspecified atom stereocenters. The van der Waals surface area contributed by atoms with Gasteiger partial charge in [-0.3, -0.25) is 14.5 Å². The van der Waals surface area contributed by atoms with Crippen molar-refractivity contribution in [1.29, 1.82) is 5.26 Å². The Morgan fingerprint density at radius 2 is 2.27 bits per heavy atom. The van der Waals surface area contributed by atoms with Crippen molar-refractivity contribution in [3.8, 4) is 6.07 Å². The van der Waals surface area contributed by atoms with Crippen molar-refractivity contribution in [2.75, 3.05) is 18.6 Å². The zero-order chi connectivity index (χ0) is 26.3. The summed E-state index contributed by atoms with van der Waals surface area (Å²) in [5.41, 5.74) is 7.41. The third-order valence-corrected chi connectivity index (χ3v) is 7.86. The number of pyridine rings is 1. The lowest BCUT2D eigenvalue weighted by atomic mass is 10.0. The number of carboxylic acids is 1. The first-order valence-corrected chi connectivity index (χ1v) is 12.7. The van der Waals surface area contributed by atoms with Crippen molar-refractivity contribution in [2.24, 2.45) is 5.16 Å². The lowest BCUT2D eigenvalue weighted by molar-refractivity contribution is -0.662. The molecule has 2 atom stereocenters. The van der Waals surface area contributed by atoms with Gasteiger partial charge < -0.3 is 21.0 Å². The van der Waals surface area contributed by atoms with Gasteiger partial charge in [-0.1, -0.05) is 5.16 Å². The molecule has 0 spiro atoms. The van der Waals surface area contributed by atoms with Crippen LogP contribution in [0.15, 0.2) is 52.5 Å². The van der Waals surface area contributed by atoms with Gasteiger partial charge in [0.1, 0.15) is 61.1 Å². The van der Waals surface area contributed by atoms with Gasteiger partial charge in [-0.25, -0.2) is 18.7 Å². The summed E-state index contributed by atoms with van der Waals surface area (Å²) in [6.45, 7) is 0.237.